The first-order valence-corrected chi connectivity index (χ1v) is 6.82. The van der Waals surface area contributed by atoms with Crippen LogP contribution in [0.25, 0.3) is 0 Å². The van der Waals surface area contributed by atoms with Gasteiger partial charge in [0.25, 0.3) is 0 Å². The molecule has 1 aromatic rings. The van der Waals surface area contributed by atoms with Gasteiger partial charge in [-0.05, 0) is 0 Å². The zero-order chi connectivity index (χ0) is 12.3. The summed E-state index contributed by atoms with van der Waals surface area (Å²) in [5.74, 6) is -0.0127. The predicted octanol–water partition coefficient (Wildman–Crippen LogP) is -1.22. The van der Waals surface area contributed by atoms with E-state index in [1.165, 1.54) is 6.07 Å². The zero-order valence-electron chi connectivity index (χ0n) is 8.50. The Morgan fingerprint density at radius 2 is 1.22 bits per heavy atom. The number of nitrogens with zero attached hydrogens (tertiary/aromatic N) is 2. The van der Waals surface area contributed by atoms with Gasteiger partial charge < -0.3 is 11.0 Å². The van der Waals surface area contributed by atoms with Crippen molar-refractivity contribution in [1.82, 2.24) is 0 Å². The quantitative estimate of drug-likeness (QED) is 0.225. The Morgan fingerprint density at radius 3 is 1.44 bits per heavy atom. The Bertz CT molecular complexity index is 416. The van der Waals surface area contributed by atoms with Gasteiger partial charge in [-0.25, -0.2) is 0 Å². The summed E-state index contributed by atoms with van der Waals surface area (Å²) < 4.78 is 9.79. The molecule has 18 heavy (non-hydrogen) atoms. The fraction of sp³-hybridized carbons (Fsp3) is 0. The Hall–Kier alpha value is -0.616. The van der Waals surface area contributed by atoms with E-state index in [0.717, 1.165) is 6.07 Å². The second-order valence-corrected chi connectivity index (χ2v) is 4.09. The molecule has 1 rings (SSSR count). The number of hydrogen-bond acceptors (Lipinski definition) is 6. The predicted molar refractivity (Wildman–Crippen MR) is 59.7 cm³/mol. The minimum atomic E-state index is -0.725. The van der Waals surface area contributed by atoms with Crippen LogP contribution in [0.3, 0.4) is 0 Å². The average Bonchev–Trinajstić information content (AvgIpc) is 2.26. The Kier molecular flexibility index (Phi) is 9.29. The maximum absolute atomic E-state index is 10.6. The molecule has 0 fully saturated rings. The van der Waals surface area contributed by atoms with Crippen molar-refractivity contribution >= 4 is 63.8 Å². The summed E-state index contributed by atoms with van der Waals surface area (Å²) in [7, 11) is 0. The molecule has 0 aliphatic rings. The van der Waals surface area contributed by atoms with Crippen LogP contribution in [0.1, 0.15) is 0 Å². The van der Waals surface area contributed by atoms with Crippen molar-refractivity contribution in [3.63, 3.8) is 0 Å². The monoisotopic (exact) mass is 650 g/mol. The summed E-state index contributed by atoms with van der Waals surface area (Å²) in [6.45, 7) is 0. The molecular formula is C6H6N2O8Pb2. The van der Waals surface area contributed by atoms with Gasteiger partial charge >= 0.3 is 123 Å². The van der Waals surface area contributed by atoms with Gasteiger partial charge in [-0.2, -0.15) is 0 Å². The van der Waals surface area contributed by atoms with E-state index >= 15 is 0 Å². The molecule has 0 heterocycles. The standard InChI is InChI=1S/C6H4N2O6.2H2O.2Pb/c9-5-2-6(10)4(8(13)14)1-3(5)7(11)12;;;;/h1-2,9-10H;2*1H2;;/q;;;2*+1/p-2. The first-order chi connectivity index (χ1) is 7.51. The molecule has 0 spiro atoms. The van der Waals surface area contributed by atoms with Crippen LogP contribution < -0.4 is 5.37 Å². The van der Waals surface area contributed by atoms with Gasteiger partial charge in [-0.15, -0.1) is 0 Å². The molecule has 0 aliphatic heterocycles. The van der Waals surface area contributed by atoms with Gasteiger partial charge in [0.15, 0.2) is 0 Å². The fourth-order valence-electron chi connectivity index (χ4n) is 0.988. The minimum absolute atomic E-state index is 0. The van der Waals surface area contributed by atoms with E-state index in [1.807, 2.05) is 0 Å². The molecule has 0 aromatic heterocycles. The van der Waals surface area contributed by atoms with Gasteiger partial charge in [0, 0.05) is 0 Å². The van der Waals surface area contributed by atoms with Crippen LogP contribution in [-0.2, 0) is 0 Å². The van der Waals surface area contributed by atoms with Crippen LogP contribution in [0.4, 0.5) is 11.4 Å². The number of nitro benzene ring substituents is 2. The number of nitro groups is 2. The third-order valence-electron chi connectivity index (χ3n) is 1.65. The second kappa shape index (κ2) is 8.48. The van der Waals surface area contributed by atoms with Gasteiger partial charge in [-0.1, -0.05) is 0 Å². The SMILES string of the molecule is O.O.O=[N+]([O-])c1cc([N+](=O)[O-])c([O][Pb])cc1[O][Pb]. The topological polar surface area (TPSA) is 168 Å². The van der Waals surface area contributed by atoms with E-state index in [9.17, 15) is 20.2 Å². The van der Waals surface area contributed by atoms with E-state index in [2.05, 4.69) is 0 Å². The van der Waals surface area contributed by atoms with E-state index in [1.54, 1.807) is 0 Å². The molecule has 0 unspecified atom stereocenters. The molecule has 0 bridgehead atoms. The molecule has 1 aromatic carbocycles. The second-order valence-electron chi connectivity index (χ2n) is 2.51. The van der Waals surface area contributed by atoms with E-state index in [0.29, 0.717) is 0 Å². The summed E-state index contributed by atoms with van der Waals surface area (Å²) in [6, 6.07) is 2.02. The molecule has 4 N–H and O–H groups in total. The summed E-state index contributed by atoms with van der Waals surface area (Å²) in [4.78, 5) is 19.8. The first kappa shape index (κ1) is 19.7. The van der Waals surface area contributed by atoms with Crippen LogP contribution in [-0.4, -0.2) is 73.2 Å². The van der Waals surface area contributed by atoms with Crippen LogP contribution in [0.15, 0.2) is 12.1 Å². The van der Waals surface area contributed by atoms with Gasteiger partial charge in [0.2, 0.25) is 0 Å². The van der Waals surface area contributed by atoms with Crippen LogP contribution in [0.2, 0.25) is 0 Å². The molecule has 0 saturated carbocycles. The number of rotatable bonds is 4. The summed E-state index contributed by atoms with van der Waals surface area (Å²) >= 11 is 0.494. The van der Waals surface area contributed by atoms with Crippen molar-refractivity contribution in [1.29, 1.82) is 0 Å². The third-order valence-corrected chi connectivity index (χ3v) is 3.36. The van der Waals surface area contributed by atoms with Crippen LogP contribution in [0.5, 0.6) is 11.5 Å². The Balaban J connectivity index is 0. The van der Waals surface area contributed by atoms with Crippen molar-refractivity contribution in [3.8, 4) is 11.5 Å². The van der Waals surface area contributed by atoms with Crippen LogP contribution in [0, 0.1) is 20.2 Å². The van der Waals surface area contributed by atoms with Crippen molar-refractivity contribution < 1.29 is 26.2 Å². The van der Waals surface area contributed by atoms with Gasteiger partial charge in [-0.3, -0.25) is 0 Å². The first-order valence-electron chi connectivity index (χ1n) is 3.65. The van der Waals surface area contributed by atoms with E-state index in [4.69, 9.17) is 5.37 Å². The normalized spacial score (nSPS) is 8.56. The van der Waals surface area contributed by atoms with Crippen molar-refractivity contribution in [3.05, 3.63) is 32.4 Å². The Labute approximate surface area is 133 Å². The van der Waals surface area contributed by atoms with Crippen molar-refractivity contribution in [2.24, 2.45) is 0 Å². The number of hydrogen-bond donors (Lipinski definition) is 0. The summed E-state index contributed by atoms with van der Waals surface area (Å²) in [5, 5.41) is 21.3. The molecule has 12 heteroatoms. The molecular weight excluding hydrogens is 642 g/mol. The third kappa shape index (κ3) is 4.24. The van der Waals surface area contributed by atoms with E-state index < -0.39 is 21.2 Å². The van der Waals surface area contributed by atoms with E-state index in [-0.39, 0.29) is 74.9 Å². The summed E-state index contributed by atoms with van der Waals surface area (Å²) in [5.41, 5.74) is -0.853. The summed E-state index contributed by atoms with van der Waals surface area (Å²) in [6.07, 6.45) is 0. The Morgan fingerprint density at radius 1 is 0.889 bits per heavy atom. The van der Waals surface area contributed by atoms with Crippen LogP contribution >= 0.6 is 0 Å². The van der Waals surface area contributed by atoms with Crippen molar-refractivity contribution in [2.75, 3.05) is 0 Å². The zero-order valence-corrected chi connectivity index (χ0v) is 16.3. The molecule has 0 atom stereocenters. The molecule has 0 aliphatic carbocycles. The molecule has 0 amide bonds. The molecule has 10 nitrogen and oxygen atoms in total. The molecule has 96 valence electrons. The molecule has 0 saturated heterocycles. The molecule has 6 radical (unpaired) electrons. The average molecular weight is 649 g/mol. The number of benzene rings is 1. The van der Waals surface area contributed by atoms with Crippen molar-refractivity contribution in [2.45, 2.75) is 0 Å². The van der Waals surface area contributed by atoms with Gasteiger partial charge in [0.05, 0.1) is 0 Å². The fourth-order valence-corrected chi connectivity index (χ4v) is 2.26. The maximum atomic E-state index is 10.6. The van der Waals surface area contributed by atoms with Gasteiger partial charge in [0.1, 0.15) is 0 Å².